The van der Waals surface area contributed by atoms with Crippen molar-refractivity contribution >= 4 is 37.4 Å². The van der Waals surface area contributed by atoms with Crippen LogP contribution in [0.2, 0.25) is 0 Å². The summed E-state index contributed by atoms with van der Waals surface area (Å²) < 4.78 is 30.0. The molecule has 1 aliphatic heterocycles. The largest absolute Gasteiger partial charge is 0.463 e. The molecule has 2 heterocycles. The molecule has 1 aromatic heterocycles. The van der Waals surface area contributed by atoms with Crippen LogP contribution in [0.5, 0.6) is 0 Å². The van der Waals surface area contributed by atoms with Crippen molar-refractivity contribution in [1.82, 2.24) is 5.32 Å². The molecular formula is C22H22N2O3S. The fourth-order valence-electron chi connectivity index (χ4n) is 3.68. The summed E-state index contributed by atoms with van der Waals surface area (Å²) in [5.74, 6) is 5.89. The summed E-state index contributed by atoms with van der Waals surface area (Å²) in [4.78, 5) is 0. The SMILES string of the molecule is CC#Cc1coc2cc3ccc(C4(C)CS(=O)(=O)C(C)(C)C(=N)N4)cc3cc12. The van der Waals surface area contributed by atoms with Crippen LogP contribution in [-0.4, -0.2) is 24.8 Å². The molecule has 0 saturated carbocycles. The van der Waals surface area contributed by atoms with Crippen molar-refractivity contribution in [1.29, 1.82) is 5.41 Å². The molecule has 1 aliphatic rings. The van der Waals surface area contributed by atoms with E-state index in [4.69, 9.17) is 9.83 Å². The lowest BCUT2D eigenvalue weighted by Crippen LogP contribution is -2.63. The first-order chi connectivity index (χ1) is 13.1. The Balaban J connectivity index is 1.87. The van der Waals surface area contributed by atoms with Crippen LogP contribution in [-0.2, 0) is 15.4 Å². The number of nitrogens with one attached hydrogen (secondary N) is 2. The quantitative estimate of drug-likeness (QED) is 0.612. The summed E-state index contributed by atoms with van der Waals surface area (Å²) in [5, 5.41) is 14.3. The van der Waals surface area contributed by atoms with Gasteiger partial charge in [0.15, 0.2) is 9.84 Å². The molecule has 2 aromatic carbocycles. The van der Waals surface area contributed by atoms with Crippen molar-refractivity contribution in [3.8, 4) is 11.8 Å². The number of sulfone groups is 1. The molecule has 6 heteroatoms. The first-order valence-corrected chi connectivity index (χ1v) is 10.7. The molecule has 5 nitrogen and oxygen atoms in total. The summed E-state index contributed by atoms with van der Waals surface area (Å²) >= 11 is 0. The van der Waals surface area contributed by atoms with Crippen LogP contribution in [0, 0.1) is 17.3 Å². The standard InChI is InChI=1S/C22H22N2O3S/c1-5-6-15-12-27-19-11-14-7-8-17(9-16(14)10-18(15)19)22(4)13-28(25,26)21(2,3)20(23)24-22/h7-12H,13H2,1-4H3,(H2,23,24). The smallest absolute Gasteiger partial charge is 0.165 e. The molecule has 1 fully saturated rings. The van der Waals surface area contributed by atoms with Crippen LogP contribution in [0.1, 0.15) is 38.8 Å². The molecule has 1 atom stereocenters. The number of benzene rings is 2. The van der Waals surface area contributed by atoms with Gasteiger partial charge in [-0.05, 0) is 62.2 Å². The lowest BCUT2D eigenvalue weighted by atomic mass is 9.90. The summed E-state index contributed by atoms with van der Waals surface area (Å²) in [7, 11) is -3.48. The number of fused-ring (bicyclic) bond motifs is 2. The van der Waals surface area contributed by atoms with Gasteiger partial charge < -0.3 is 9.73 Å². The van der Waals surface area contributed by atoms with Crippen molar-refractivity contribution in [2.75, 3.05) is 5.75 Å². The minimum atomic E-state index is -3.48. The van der Waals surface area contributed by atoms with Crippen LogP contribution >= 0.6 is 0 Å². The fraction of sp³-hybridized carbons (Fsp3) is 0.318. The predicted octanol–water partition coefficient (Wildman–Crippen LogP) is 3.95. The van der Waals surface area contributed by atoms with E-state index in [1.807, 2.05) is 37.3 Å². The number of hydrogen-bond acceptors (Lipinski definition) is 4. The molecule has 1 unspecified atom stereocenters. The molecule has 0 radical (unpaired) electrons. The number of rotatable bonds is 1. The fourth-order valence-corrected chi connectivity index (χ4v) is 5.40. The maximum absolute atomic E-state index is 12.8. The first-order valence-electron chi connectivity index (χ1n) is 9.05. The minimum absolute atomic E-state index is 0.0205. The zero-order valence-corrected chi connectivity index (χ0v) is 17.1. The van der Waals surface area contributed by atoms with Crippen LogP contribution in [0.15, 0.2) is 41.0 Å². The zero-order valence-electron chi connectivity index (χ0n) is 16.3. The monoisotopic (exact) mass is 394 g/mol. The van der Waals surface area contributed by atoms with E-state index < -0.39 is 20.1 Å². The highest BCUT2D eigenvalue weighted by Gasteiger charge is 2.50. The molecule has 0 bridgehead atoms. The van der Waals surface area contributed by atoms with E-state index in [0.29, 0.717) is 0 Å². The van der Waals surface area contributed by atoms with Crippen LogP contribution in [0.4, 0.5) is 0 Å². The predicted molar refractivity (Wildman–Crippen MR) is 112 cm³/mol. The van der Waals surface area contributed by atoms with Gasteiger partial charge >= 0.3 is 0 Å². The summed E-state index contributed by atoms with van der Waals surface area (Å²) in [6.07, 6.45) is 1.65. The van der Waals surface area contributed by atoms with E-state index in [2.05, 4.69) is 17.2 Å². The topological polar surface area (TPSA) is 83.2 Å². The Morgan fingerprint density at radius 1 is 1.14 bits per heavy atom. The number of furan rings is 1. The van der Waals surface area contributed by atoms with Crippen molar-refractivity contribution in [3.63, 3.8) is 0 Å². The molecule has 0 spiro atoms. The Labute approximate surface area is 164 Å². The van der Waals surface area contributed by atoms with Gasteiger partial charge in [0.05, 0.1) is 16.9 Å². The summed E-state index contributed by atoms with van der Waals surface area (Å²) in [5.41, 5.74) is 1.57. The average molecular weight is 394 g/mol. The van der Waals surface area contributed by atoms with Gasteiger partial charge in [0.1, 0.15) is 22.4 Å². The van der Waals surface area contributed by atoms with E-state index in [9.17, 15) is 8.42 Å². The van der Waals surface area contributed by atoms with Gasteiger partial charge in [-0.15, -0.1) is 5.92 Å². The van der Waals surface area contributed by atoms with Crippen LogP contribution < -0.4 is 5.32 Å². The summed E-state index contributed by atoms with van der Waals surface area (Å²) in [6, 6.07) is 9.85. The Kier molecular flexibility index (Phi) is 3.89. The van der Waals surface area contributed by atoms with Crippen LogP contribution in [0.25, 0.3) is 21.7 Å². The molecule has 3 aromatic rings. The third-order valence-electron chi connectivity index (χ3n) is 5.69. The van der Waals surface area contributed by atoms with Crippen molar-refractivity contribution in [3.05, 3.63) is 47.7 Å². The molecule has 4 rings (SSSR count). The molecule has 1 saturated heterocycles. The Morgan fingerprint density at radius 3 is 2.57 bits per heavy atom. The average Bonchev–Trinajstić information content (AvgIpc) is 3.00. The second kappa shape index (κ2) is 5.86. The van der Waals surface area contributed by atoms with Gasteiger partial charge in [-0.3, -0.25) is 5.41 Å². The highest BCUT2D eigenvalue weighted by Crippen LogP contribution is 2.36. The highest BCUT2D eigenvalue weighted by atomic mass is 32.2. The lowest BCUT2D eigenvalue weighted by Gasteiger charge is -2.43. The molecule has 0 aliphatic carbocycles. The van der Waals surface area contributed by atoms with Gasteiger partial charge in [-0.2, -0.15) is 0 Å². The second-order valence-electron chi connectivity index (χ2n) is 8.04. The van der Waals surface area contributed by atoms with Crippen molar-refractivity contribution in [2.24, 2.45) is 0 Å². The lowest BCUT2D eigenvalue weighted by molar-refractivity contribution is 0.443. The Morgan fingerprint density at radius 2 is 1.89 bits per heavy atom. The molecule has 0 amide bonds. The molecule has 2 N–H and O–H groups in total. The third-order valence-corrected chi connectivity index (χ3v) is 8.41. The molecular weight excluding hydrogens is 372 g/mol. The third kappa shape index (κ3) is 2.61. The van der Waals surface area contributed by atoms with E-state index in [1.54, 1.807) is 27.0 Å². The van der Waals surface area contributed by atoms with Crippen LogP contribution in [0.3, 0.4) is 0 Å². The van der Waals surface area contributed by atoms with Gasteiger partial charge in [0, 0.05) is 5.39 Å². The second-order valence-corrected chi connectivity index (χ2v) is 10.6. The van der Waals surface area contributed by atoms with E-state index in [1.165, 1.54) is 0 Å². The van der Waals surface area contributed by atoms with Gasteiger partial charge in [-0.25, -0.2) is 8.42 Å². The maximum atomic E-state index is 12.8. The van der Waals surface area contributed by atoms with Gasteiger partial charge in [0.25, 0.3) is 0 Å². The van der Waals surface area contributed by atoms with Crippen molar-refractivity contribution < 1.29 is 12.8 Å². The maximum Gasteiger partial charge on any atom is 0.165 e. The van der Waals surface area contributed by atoms with E-state index in [0.717, 1.165) is 32.9 Å². The van der Waals surface area contributed by atoms with Gasteiger partial charge in [-0.1, -0.05) is 18.1 Å². The number of amidine groups is 1. The first kappa shape index (κ1) is 18.6. The van der Waals surface area contributed by atoms with E-state index in [-0.39, 0.29) is 11.6 Å². The Bertz CT molecular complexity index is 1310. The van der Waals surface area contributed by atoms with Gasteiger partial charge in [0.2, 0.25) is 0 Å². The molecule has 28 heavy (non-hydrogen) atoms. The summed E-state index contributed by atoms with van der Waals surface area (Å²) in [6.45, 7) is 6.76. The molecule has 144 valence electrons. The Hall–Kier alpha value is -2.78. The van der Waals surface area contributed by atoms with E-state index >= 15 is 0 Å². The minimum Gasteiger partial charge on any atom is -0.463 e. The normalized spacial score (nSPS) is 23.2. The number of hydrogen-bond donors (Lipinski definition) is 2. The highest BCUT2D eigenvalue weighted by molar-refractivity contribution is 7.93. The zero-order chi connectivity index (χ0) is 20.3. The van der Waals surface area contributed by atoms with Crippen molar-refractivity contribution in [2.45, 2.75) is 38.0 Å².